The average molecular weight is 420 g/mol. The number of fused-ring (bicyclic) bond motifs is 13. The summed E-state index contributed by atoms with van der Waals surface area (Å²) in [7, 11) is 2.15. The third-order valence-electron chi connectivity index (χ3n) is 8.04. The lowest BCUT2D eigenvalue weighted by molar-refractivity contribution is 0.668. The van der Waals surface area contributed by atoms with Gasteiger partial charge in [-0.15, -0.1) is 0 Å². The van der Waals surface area contributed by atoms with E-state index in [2.05, 4.69) is 98.9 Å². The van der Waals surface area contributed by atoms with Gasteiger partial charge in [-0.3, -0.25) is 0 Å². The third kappa shape index (κ3) is 1.97. The van der Waals surface area contributed by atoms with Crippen molar-refractivity contribution in [1.29, 1.82) is 0 Å². The highest BCUT2D eigenvalue weighted by Crippen LogP contribution is 2.64. The van der Waals surface area contributed by atoms with Crippen LogP contribution in [-0.2, 0) is 5.41 Å². The summed E-state index contributed by atoms with van der Waals surface area (Å²) < 4.78 is 6.60. The Labute approximate surface area is 193 Å². The van der Waals surface area contributed by atoms with Gasteiger partial charge in [0.2, 0.25) is 0 Å². The standard InChI is InChI=1S/C31H21BO/c32-18-13-16-28-23(17-18)21-14-15-27-29(30(21)33-28)22-9-3-6-12-26(22)31(27)24-10-4-1-7-19(24)20-8-2-5-11-25(20)31/h1-4,6-10,12-17H,5,11,32H2. The van der Waals surface area contributed by atoms with E-state index in [-0.39, 0.29) is 5.41 Å². The molecule has 1 aromatic heterocycles. The maximum absolute atomic E-state index is 6.60. The summed E-state index contributed by atoms with van der Waals surface area (Å²) in [6.45, 7) is 0. The molecule has 5 aromatic rings. The van der Waals surface area contributed by atoms with Crippen LogP contribution in [-0.4, -0.2) is 7.85 Å². The number of benzene rings is 4. The first-order valence-corrected chi connectivity index (χ1v) is 11.8. The minimum absolute atomic E-state index is 0.230. The van der Waals surface area contributed by atoms with Crippen molar-refractivity contribution in [1.82, 2.24) is 0 Å². The number of hydrogen-bond acceptors (Lipinski definition) is 1. The first-order chi connectivity index (χ1) is 16.3. The fraction of sp³-hybridized carbons (Fsp3) is 0.0968. The predicted octanol–water partition coefficient (Wildman–Crippen LogP) is 6.28. The van der Waals surface area contributed by atoms with Gasteiger partial charge in [-0.1, -0.05) is 90.4 Å². The molecule has 8 rings (SSSR count). The second-order valence-electron chi connectivity index (χ2n) is 9.64. The first-order valence-electron chi connectivity index (χ1n) is 11.8. The molecule has 0 aliphatic heterocycles. The summed E-state index contributed by atoms with van der Waals surface area (Å²) in [5, 5.41) is 2.42. The van der Waals surface area contributed by atoms with Crippen molar-refractivity contribution in [3.05, 3.63) is 119 Å². The van der Waals surface area contributed by atoms with Gasteiger partial charge in [-0.2, -0.15) is 0 Å². The molecule has 1 unspecified atom stereocenters. The van der Waals surface area contributed by atoms with Crippen LogP contribution in [0, 0.1) is 0 Å². The Morgan fingerprint density at radius 3 is 2.42 bits per heavy atom. The fourth-order valence-corrected chi connectivity index (χ4v) is 6.84. The highest BCUT2D eigenvalue weighted by Gasteiger charge is 2.53. The smallest absolute Gasteiger partial charge is 0.143 e. The normalized spacial score (nSPS) is 19.9. The van der Waals surface area contributed by atoms with E-state index in [1.165, 1.54) is 55.2 Å². The van der Waals surface area contributed by atoms with Crippen LogP contribution in [0.1, 0.15) is 35.1 Å². The summed E-state index contributed by atoms with van der Waals surface area (Å²) in [5.74, 6) is 0. The summed E-state index contributed by atoms with van der Waals surface area (Å²) in [6.07, 6.45) is 6.88. The number of allylic oxidation sites excluding steroid dienone is 4. The van der Waals surface area contributed by atoms with Gasteiger partial charge in [0.15, 0.2) is 0 Å². The molecule has 0 saturated heterocycles. The van der Waals surface area contributed by atoms with Gasteiger partial charge in [-0.25, -0.2) is 0 Å². The first kappa shape index (κ1) is 17.7. The Morgan fingerprint density at radius 2 is 1.55 bits per heavy atom. The van der Waals surface area contributed by atoms with Crippen molar-refractivity contribution in [2.24, 2.45) is 0 Å². The molecule has 0 amide bonds. The van der Waals surface area contributed by atoms with E-state index < -0.39 is 0 Å². The zero-order valence-corrected chi connectivity index (χ0v) is 18.5. The largest absolute Gasteiger partial charge is 0.455 e. The van der Waals surface area contributed by atoms with Crippen LogP contribution in [0.4, 0.5) is 0 Å². The predicted molar refractivity (Wildman–Crippen MR) is 139 cm³/mol. The molecule has 0 bridgehead atoms. The Hall–Kier alpha value is -3.78. The Bertz CT molecular complexity index is 1730. The molecular weight excluding hydrogens is 399 g/mol. The molecule has 1 spiro atoms. The van der Waals surface area contributed by atoms with Crippen molar-refractivity contribution in [3.8, 4) is 11.1 Å². The summed E-state index contributed by atoms with van der Waals surface area (Å²) in [4.78, 5) is 0. The van der Waals surface area contributed by atoms with Crippen LogP contribution in [0.5, 0.6) is 0 Å². The number of furan rings is 1. The molecule has 0 saturated carbocycles. The van der Waals surface area contributed by atoms with Gasteiger partial charge < -0.3 is 4.42 Å². The van der Waals surface area contributed by atoms with Gasteiger partial charge in [0, 0.05) is 16.3 Å². The molecule has 1 atom stereocenters. The van der Waals surface area contributed by atoms with Crippen molar-refractivity contribution in [2.75, 3.05) is 0 Å². The molecule has 3 aliphatic carbocycles. The van der Waals surface area contributed by atoms with Crippen LogP contribution in [0.3, 0.4) is 0 Å². The quantitative estimate of drug-likeness (QED) is 0.269. The number of rotatable bonds is 0. The lowest BCUT2D eigenvalue weighted by atomic mass is 9.68. The van der Waals surface area contributed by atoms with Gasteiger partial charge in [0.1, 0.15) is 19.0 Å². The van der Waals surface area contributed by atoms with Crippen LogP contribution in [0.2, 0.25) is 0 Å². The second-order valence-corrected chi connectivity index (χ2v) is 9.64. The maximum atomic E-state index is 6.60. The molecule has 0 fully saturated rings. The SMILES string of the molecule is Bc1ccc2oc3c4c(ccc3c2c1)C1(C2=C(C=CCC2)c2ccccc21)c1ccccc1-4. The minimum Gasteiger partial charge on any atom is -0.455 e. The van der Waals surface area contributed by atoms with E-state index in [0.717, 1.165) is 24.0 Å². The zero-order chi connectivity index (χ0) is 21.7. The zero-order valence-electron chi connectivity index (χ0n) is 18.5. The highest BCUT2D eigenvalue weighted by molar-refractivity contribution is 6.33. The van der Waals surface area contributed by atoms with E-state index in [1.807, 2.05) is 0 Å². The number of hydrogen-bond donors (Lipinski definition) is 0. The van der Waals surface area contributed by atoms with Crippen molar-refractivity contribution in [3.63, 3.8) is 0 Å². The topological polar surface area (TPSA) is 13.1 Å². The van der Waals surface area contributed by atoms with Crippen LogP contribution < -0.4 is 5.46 Å². The Balaban J connectivity index is 1.59. The third-order valence-corrected chi connectivity index (χ3v) is 8.04. The summed E-state index contributed by atoms with van der Waals surface area (Å²) in [6, 6.07) is 29.2. The minimum atomic E-state index is -0.230. The van der Waals surface area contributed by atoms with Crippen LogP contribution in [0.25, 0.3) is 38.6 Å². The molecule has 0 radical (unpaired) electrons. The molecule has 1 heterocycles. The highest BCUT2D eigenvalue weighted by atomic mass is 16.3. The van der Waals surface area contributed by atoms with Gasteiger partial charge >= 0.3 is 0 Å². The van der Waals surface area contributed by atoms with Gasteiger partial charge in [0.05, 0.1) is 5.41 Å². The van der Waals surface area contributed by atoms with E-state index >= 15 is 0 Å². The molecule has 1 nitrogen and oxygen atoms in total. The average Bonchev–Trinajstić information content (AvgIpc) is 3.47. The van der Waals surface area contributed by atoms with E-state index in [4.69, 9.17) is 4.42 Å². The van der Waals surface area contributed by atoms with Gasteiger partial charge in [-0.05, 0) is 57.9 Å². The molecule has 154 valence electrons. The van der Waals surface area contributed by atoms with Crippen LogP contribution in [0.15, 0.2) is 101 Å². The van der Waals surface area contributed by atoms with Crippen LogP contribution >= 0.6 is 0 Å². The summed E-state index contributed by atoms with van der Waals surface area (Å²) in [5.41, 5.74) is 14.1. The lowest BCUT2D eigenvalue weighted by Crippen LogP contribution is -2.27. The second kappa shape index (κ2) is 5.96. The van der Waals surface area contributed by atoms with Crippen molar-refractivity contribution >= 4 is 40.8 Å². The summed E-state index contributed by atoms with van der Waals surface area (Å²) >= 11 is 0. The van der Waals surface area contributed by atoms with E-state index in [0.29, 0.717) is 0 Å². The molecule has 0 N–H and O–H groups in total. The lowest BCUT2D eigenvalue weighted by Gasteiger charge is -2.33. The van der Waals surface area contributed by atoms with Gasteiger partial charge in [0.25, 0.3) is 0 Å². The van der Waals surface area contributed by atoms with Crippen molar-refractivity contribution in [2.45, 2.75) is 18.3 Å². The fourth-order valence-electron chi connectivity index (χ4n) is 6.84. The Morgan fingerprint density at radius 1 is 0.758 bits per heavy atom. The van der Waals surface area contributed by atoms with Crippen molar-refractivity contribution < 1.29 is 4.42 Å². The molecule has 4 aromatic carbocycles. The maximum Gasteiger partial charge on any atom is 0.143 e. The molecule has 2 heteroatoms. The molecular formula is C31H21BO. The Kier molecular flexibility index (Phi) is 3.21. The monoisotopic (exact) mass is 420 g/mol. The molecule has 3 aliphatic rings. The van der Waals surface area contributed by atoms with E-state index in [9.17, 15) is 0 Å². The van der Waals surface area contributed by atoms with E-state index in [1.54, 1.807) is 5.57 Å². The molecule has 33 heavy (non-hydrogen) atoms.